The molecule has 0 amide bonds. The van der Waals surface area contributed by atoms with Crippen LogP contribution in [-0.2, 0) is 0 Å². The van der Waals surface area contributed by atoms with Crippen molar-refractivity contribution in [1.82, 2.24) is 9.13 Å². The number of hydrogen-bond donors (Lipinski definition) is 0. The molecule has 11 rings (SSSR count). The second kappa shape index (κ2) is 10.8. The minimum atomic E-state index is -2.67. The molecule has 239 valence electrons. The summed E-state index contributed by atoms with van der Waals surface area (Å²) in [6.07, 6.45) is 0. The van der Waals surface area contributed by atoms with Crippen molar-refractivity contribution >= 4 is 72.4 Å². The lowest BCUT2D eigenvalue weighted by Gasteiger charge is -2.44. The molecule has 0 aliphatic carbocycles. The van der Waals surface area contributed by atoms with Gasteiger partial charge in [-0.15, -0.1) is 0 Å². The fourth-order valence-corrected chi connectivity index (χ4v) is 14.3. The van der Waals surface area contributed by atoms with Crippen LogP contribution < -0.4 is 20.7 Å². The van der Waals surface area contributed by atoms with Crippen molar-refractivity contribution in [3.63, 3.8) is 0 Å². The molecule has 0 radical (unpaired) electrons. The maximum absolute atomic E-state index is 2.67. The molecule has 3 heterocycles. The molecular weight excluding hydrogens is 633 g/mol. The van der Waals surface area contributed by atoms with Gasteiger partial charge in [0.2, 0.25) is 0 Å². The van der Waals surface area contributed by atoms with E-state index in [1.54, 1.807) is 0 Å². The molecule has 0 unspecified atom stereocenters. The monoisotopic (exact) mass is 664 g/mol. The van der Waals surface area contributed by atoms with Crippen molar-refractivity contribution in [3.8, 4) is 22.5 Å². The van der Waals surface area contributed by atoms with E-state index < -0.39 is 8.07 Å². The number of fused-ring (bicyclic) bond motifs is 9. The molecule has 2 aromatic heterocycles. The molecule has 10 aromatic rings. The highest BCUT2D eigenvalue weighted by Crippen LogP contribution is 2.38. The van der Waals surface area contributed by atoms with Gasteiger partial charge in [0.05, 0.1) is 22.1 Å². The third kappa shape index (κ3) is 3.87. The molecule has 0 saturated heterocycles. The van der Waals surface area contributed by atoms with Crippen molar-refractivity contribution in [3.05, 3.63) is 194 Å². The zero-order chi connectivity index (χ0) is 33.5. The largest absolute Gasteiger partial charge is 0.309 e. The molecule has 51 heavy (non-hydrogen) atoms. The van der Waals surface area contributed by atoms with Crippen LogP contribution in [0.2, 0.25) is 0 Å². The molecular formula is C48H32N2Si-. The summed E-state index contributed by atoms with van der Waals surface area (Å²) in [6.45, 7) is 0. The Labute approximate surface area is 297 Å². The molecule has 0 bridgehead atoms. The summed E-state index contributed by atoms with van der Waals surface area (Å²) in [6, 6.07) is 72.4. The Kier molecular flexibility index (Phi) is 6.01. The van der Waals surface area contributed by atoms with Crippen molar-refractivity contribution in [2.75, 3.05) is 0 Å². The summed E-state index contributed by atoms with van der Waals surface area (Å²) in [5, 5.41) is 10.8. The number of aromatic nitrogens is 2. The van der Waals surface area contributed by atoms with Gasteiger partial charge < -0.3 is 9.13 Å². The van der Waals surface area contributed by atoms with Crippen molar-refractivity contribution < 1.29 is 0 Å². The normalized spacial score (nSPS) is 13.3. The Hall–Kier alpha value is -6.42. The van der Waals surface area contributed by atoms with E-state index in [-0.39, 0.29) is 0 Å². The summed E-state index contributed by atoms with van der Waals surface area (Å²) in [7, 11) is -2.67. The Morgan fingerprint density at radius 3 is 0.961 bits per heavy atom. The van der Waals surface area contributed by atoms with E-state index in [2.05, 4.69) is 203 Å². The maximum atomic E-state index is 2.48. The van der Waals surface area contributed by atoms with E-state index in [0.717, 1.165) is 0 Å². The molecule has 0 atom stereocenters. The molecule has 3 heteroatoms. The predicted octanol–water partition coefficient (Wildman–Crippen LogP) is 9.24. The van der Waals surface area contributed by atoms with E-state index >= 15 is 0 Å². The molecule has 1 aliphatic rings. The van der Waals surface area contributed by atoms with Gasteiger partial charge >= 0.3 is 0 Å². The number of rotatable bonds is 4. The maximum Gasteiger partial charge on any atom is 0.0541 e. The third-order valence-corrected chi connectivity index (χ3v) is 16.1. The number of para-hydroxylation sites is 4. The van der Waals surface area contributed by atoms with E-state index in [0.29, 0.717) is 0 Å². The molecule has 8 aromatic carbocycles. The lowest BCUT2D eigenvalue weighted by atomic mass is 10.0. The van der Waals surface area contributed by atoms with Gasteiger partial charge in [-0.25, -0.2) is 0 Å². The second-order valence-electron chi connectivity index (χ2n) is 13.7. The Balaban J connectivity index is 1.25. The van der Waals surface area contributed by atoms with Crippen molar-refractivity contribution in [1.29, 1.82) is 0 Å². The van der Waals surface area contributed by atoms with Gasteiger partial charge in [0.25, 0.3) is 0 Å². The minimum Gasteiger partial charge on any atom is -0.309 e. The topological polar surface area (TPSA) is 9.86 Å². The van der Waals surface area contributed by atoms with Crippen LogP contribution >= 0.6 is 0 Å². The minimum absolute atomic E-state index is 1.19. The first-order valence-electron chi connectivity index (χ1n) is 17.7. The first-order valence-corrected chi connectivity index (χ1v) is 19.7. The van der Waals surface area contributed by atoms with Gasteiger partial charge in [0.1, 0.15) is 0 Å². The van der Waals surface area contributed by atoms with Gasteiger partial charge in [-0.05, 0) is 67.7 Å². The van der Waals surface area contributed by atoms with Crippen LogP contribution in [-0.4, -0.2) is 17.2 Å². The van der Waals surface area contributed by atoms with Gasteiger partial charge in [-0.2, -0.15) is 20.7 Å². The van der Waals surface area contributed by atoms with Crippen LogP contribution in [0.25, 0.3) is 66.1 Å². The van der Waals surface area contributed by atoms with Crippen LogP contribution in [0.3, 0.4) is 0 Å². The Bertz CT molecular complexity index is 2660. The van der Waals surface area contributed by atoms with Crippen molar-refractivity contribution in [2.45, 2.75) is 0 Å². The van der Waals surface area contributed by atoms with Crippen LogP contribution in [0.4, 0.5) is 0 Å². The average molecular weight is 665 g/mol. The highest BCUT2D eigenvalue weighted by Gasteiger charge is 2.37. The van der Waals surface area contributed by atoms with Gasteiger partial charge in [0, 0.05) is 32.9 Å². The molecule has 0 N–H and O–H groups in total. The first kappa shape index (κ1) is 28.4. The zero-order valence-electron chi connectivity index (χ0n) is 27.9. The highest BCUT2D eigenvalue weighted by molar-refractivity contribution is 7.22. The van der Waals surface area contributed by atoms with Crippen molar-refractivity contribution in [2.24, 2.45) is 0 Å². The lowest BCUT2D eigenvalue weighted by Crippen LogP contribution is -2.72. The molecule has 0 saturated carbocycles. The van der Waals surface area contributed by atoms with E-state index in [4.69, 9.17) is 0 Å². The van der Waals surface area contributed by atoms with Gasteiger partial charge in [0.15, 0.2) is 0 Å². The lowest BCUT2D eigenvalue weighted by molar-refractivity contribution is 1.18. The quantitative estimate of drug-likeness (QED) is 0.166. The molecule has 2 nitrogen and oxygen atoms in total. The smallest absolute Gasteiger partial charge is 0.0541 e. The SMILES string of the molecule is c1ccc([Si-]2(c3ccccc3)c3ccc(-n4c5ccccc5c5ccccc54)cc3-c3cc(-n4c5ccccc5c5ccccc54)ccc32)cc1. The molecule has 0 spiro atoms. The third-order valence-electron chi connectivity index (χ3n) is 11.2. The van der Waals surface area contributed by atoms with Gasteiger partial charge in [-0.1, -0.05) is 146 Å². The number of benzene rings is 8. The average Bonchev–Trinajstić information content (AvgIpc) is 3.82. The predicted molar refractivity (Wildman–Crippen MR) is 218 cm³/mol. The van der Waals surface area contributed by atoms with Crippen LogP contribution in [0.15, 0.2) is 194 Å². The standard InChI is InChI=1S/C48H32N2Si/c1-3-15-35(16-4-1)51(36-17-5-2-6-18-36)47-29-27-33(49-43-23-11-7-19-37(43)38-20-8-12-24-44(38)49)31-41(47)42-32-34(28-30-48(42)51)50-45-25-13-9-21-39(45)40-22-10-14-26-46(40)50/h1-32H/q-1. The highest BCUT2D eigenvalue weighted by atomic mass is 28.3. The van der Waals surface area contributed by atoms with Crippen LogP contribution in [0.5, 0.6) is 0 Å². The second-order valence-corrected chi connectivity index (χ2v) is 17.4. The summed E-state index contributed by atoms with van der Waals surface area (Å²) >= 11 is 0. The summed E-state index contributed by atoms with van der Waals surface area (Å²) < 4.78 is 4.90. The molecule has 0 fully saturated rings. The number of nitrogens with zero attached hydrogens (tertiary/aromatic N) is 2. The van der Waals surface area contributed by atoms with E-state index in [1.165, 1.54) is 86.9 Å². The Morgan fingerprint density at radius 1 is 0.294 bits per heavy atom. The van der Waals surface area contributed by atoms with E-state index in [1.807, 2.05) is 0 Å². The van der Waals surface area contributed by atoms with Crippen LogP contribution in [0, 0.1) is 0 Å². The van der Waals surface area contributed by atoms with Gasteiger partial charge in [-0.3, -0.25) is 0 Å². The summed E-state index contributed by atoms with van der Waals surface area (Å²) in [5.41, 5.74) is 9.93. The first-order chi connectivity index (χ1) is 25.3. The van der Waals surface area contributed by atoms with E-state index in [9.17, 15) is 0 Å². The number of hydrogen-bond acceptors (Lipinski definition) is 0. The van der Waals surface area contributed by atoms with Crippen LogP contribution in [0.1, 0.15) is 0 Å². The summed E-state index contributed by atoms with van der Waals surface area (Å²) in [4.78, 5) is 0. The Morgan fingerprint density at radius 2 is 0.608 bits per heavy atom. The molecule has 1 aliphatic heterocycles. The fourth-order valence-electron chi connectivity index (χ4n) is 9.15. The summed E-state index contributed by atoms with van der Waals surface area (Å²) in [5.74, 6) is 0. The zero-order valence-corrected chi connectivity index (χ0v) is 28.9. The fraction of sp³-hybridized carbons (Fsp3) is 0.